The summed E-state index contributed by atoms with van der Waals surface area (Å²) in [5.41, 5.74) is 1.50. The smallest absolute Gasteiger partial charge is 0.309 e. The van der Waals surface area contributed by atoms with Gasteiger partial charge in [-0.15, -0.1) is 0 Å². The zero-order chi connectivity index (χ0) is 13.5. The molecule has 96 valence electrons. The zero-order valence-electron chi connectivity index (χ0n) is 10.6. The Morgan fingerprint density at radius 1 is 1.44 bits per heavy atom. The van der Waals surface area contributed by atoms with E-state index in [9.17, 15) is 9.18 Å². The molecular formula is C13H15FN2O2. The lowest BCUT2D eigenvalue weighted by Crippen LogP contribution is -2.17. The van der Waals surface area contributed by atoms with Crippen LogP contribution < -0.4 is 0 Å². The number of fused-ring (bicyclic) bond motifs is 1. The third kappa shape index (κ3) is 2.20. The molecule has 0 aromatic carbocycles. The monoisotopic (exact) mass is 250 g/mol. The largest absolute Gasteiger partial charge is 0.481 e. The first-order valence-corrected chi connectivity index (χ1v) is 5.68. The van der Waals surface area contributed by atoms with E-state index < -0.39 is 11.8 Å². The fourth-order valence-corrected chi connectivity index (χ4v) is 1.98. The normalized spacial score (nSPS) is 12.0. The zero-order valence-corrected chi connectivity index (χ0v) is 10.6. The van der Waals surface area contributed by atoms with E-state index in [2.05, 4.69) is 4.98 Å². The van der Waals surface area contributed by atoms with Gasteiger partial charge in [0.2, 0.25) is 0 Å². The first-order chi connectivity index (χ1) is 8.29. The summed E-state index contributed by atoms with van der Waals surface area (Å²) in [4.78, 5) is 15.4. The van der Waals surface area contributed by atoms with Crippen LogP contribution in [0.3, 0.4) is 0 Å². The average molecular weight is 250 g/mol. The number of carboxylic acid groups (broad SMARTS) is 1. The Labute approximate surface area is 104 Å². The fraction of sp³-hybridized carbons (Fsp3) is 0.385. The van der Waals surface area contributed by atoms with Crippen molar-refractivity contribution in [1.29, 1.82) is 0 Å². The van der Waals surface area contributed by atoms with Gasteiger partial charge in [-0.2, -0.15) is 0 Å². The molecule has 4 nitrogen and oxygen atoms in total. The van der Waals surface area contributed by atoms with Crippen LogP contribution in [0.4, 0.5) is 4.39 Å². The van der Waals surface area contributed by atoms with Gasteiger partial charge >= 0.3 is 5.97 Å². The molecule has 0 unspecified atom stereocenters. The number of imidazole rings is 1. The van der Waals surface area contributed by atoms with Gasteiger partial charge in [-0.1, -0.05) is 20.8 Å². The van der Waals surface area contributed by atoms with Gasteiger partial charge in [0.15, 0.2) is 0 Å². The molecule has 0 fully saturated rings. The van der Waals surface area contributed by atoms with Gasteiger partial charge in [0.05, 0.1) is 17.8 Å². The summed E-state index contributed by atoms with van der Waals surface area (Å²) >= 11 is 0. The summed E-state index contributed by atoms with van der Waals surface area (Å²) in [6.45, 7) is 5.86. The number of carboxylic acids is 1. The predicted octanol–water partition coefficient (Wildman–Crippen LogP) is 2.40. The average Bonchev–Trinajstić information content (AvgIpc) is 2.56. The van der Waals surface area contributed by atoms with Crippen molar-refractivity contribution >= 4 is 11.6 Å². The lowest BCUT2D eigenvalue weighted by Gasteiger charge is -2.17. The van der Waals surface area contributed by atoms with E-state index in [1.54, 1.807) is 6.07 Å². The van der Waals surface area contributed by atoms with Crippen LogP contribution in [-0.4, -0.2) is 20.5 Å². The van der Waals surface area contributed by atoms with Crippen molar-refractivity contribution in [3.63, 3.8) is 0 Å². The van der Waals surface area contributed by atoms with Gasteiger partial charge in [-0.25, -0.2) is 9.37 Å². The highest BCUT2D eigenvalue weighted by Gasteiger charge is 2.25. The number of rotatable bonds is 2. The molecule has 2 aromatic rings. The van der Waals surface area contributed by atoms with Crippen molar-refractivity contribution in [3.8, 4) is 0 Å². The molecule has 2 heterocycles. The van der Waals surface area contributed by atoms with Crippen molar-refractivity contribution in [2.75, 3.05) is 0 Å². The van der Waals surface area contributed by atoms with Crippen molar-refractivity contribution < 1.29 is 14.3 Å². The molecule has 0 atom stereocenters. The fourth-order valence-electron chi connectivity index (χ4n) is 1.98. The molecule has 0 saturated carbocycles. The van der Waals surface area contributed by atoms with Crippen molar-refractivity contribution in [1.82, 2.24) is 9.38 Å². The van der Waals surface area contributed by atoms with Crippen LogP contribution in [0.5, 0.6) is 0 Å². The number of hydrogen-bond acceptors (Lipinski definition) is 2. The first-order valence-electron chi connectivity index (χ1n) is 5.68. The molecule has 5 heteroatoms. The van der Waals surface area contributed by atoms with Crippen LogP contribution in [0.25, 0.3) is 5.65 Å². The van der Waals surface area contributed by atoms with Crippen molar-refractivity contribution in [2.24, 2.45) is 0 Å². The van der Waals surface area contributed by atoms with Crippen LogP contribution in [-0.2, 0) is 16.6 Å². The van der Waals surface area contributed by atoms with Crippen molar-refractivity contribution in [3.05, 3.63) is 35.5 Å². The van der Waals surface area contributed by atoms with E-state index in [0.29, 0.717) is 17.0 Å². The summed E-state index contributed by atoms with van der Waals surface area (Å²) in [7, 11) is 0. The van der Waals surface area contributed by atoms with Gasteiger partial charge in [0.25, 0.3) is 0 Å². The maximum atomic E-state index is 13.3. The van der Waals surface area contributed by atoms with E-state index in [-0.39, 0.29) is 11.8 Å². The lowest BCUT2D eigenvalue weighted by atomic mass is 9.90. The van der Waals surface area contributed by atoms with Crippen LogP contribution in [0, 0.1) is 5.82 Å². The van der Waals surface area contributed by atoms with Gasteiger partial charge in [0, 0.05) is 11.6 Å². The maximum Gasteiger partial charge on any atom is 0.309 e. The minimum Gasteiger partial charge on any atom is -0.481 e. The Kier molecular flexibility index (Phi) is 2.84. The number of aromatic nitrogens is 2. The number of pyridine rings is 1. The van der Waals surface area contributed by atoms with E-state index in [1.165, 1.54) is 16.7 Å². The molecule has 0 aliphatic carbocycles. The number of hydrogen-bond donors (Lipinski definition) is 1. The Bertz CT molecular complexity index is 611. The molecule has 2 aromatic heterocycles. The lowest BCUT2D eigenvalue weighted by molar-refractivity contribution is -0.136. The molecule has 18 heavy (non-hydrogen) atoms. The molecule has 0 radical (unpaired) electrons. The summed E-state index contributed by atoms with van der Waals surface area (Å²) in [5, 5.41) is 8.97. The minimum atomic E-state index is -0.952. The number of aliphatic carboxylic acids is 1. The molecule has 0 bridgehead atoms. The number of carbonyl (C=O) groups is 1. The highest BCUT2D eigenvalue weighted by atomic mass is 19.1. The summed E-state index contributed by atoms with van der Waals surface area (Å²) in [5.74, 6) is -1.36. The second-order valence-electron chi connectivity index (χ2n) is 5.30. The highest BCUT2D eigenvalue weighted by molar-refractivity contribution is 5.71. The Hall–Kier alpha value is -1.91. The summed E-state index contributed by atoms with van der Waals surface area (Å²) in [6.07, 6.45) is 1.10. The van der Waals surface area contributed by atoms with E-state index in [4.69, 9.17) is 5.11 Å². The third-order valence-corrected chi connectivity index (χ3v) is 2.71. The maximum absolute atomic E-state index is 13.3. The SMILES string of the molecule is CC(C)(C)c1nc2ccc(F)cn2c1CC(=O)O. The topological polar surface area (TPSA) is 54.6 Å². The molecule has 1 N–H and O–H groups in total. The summed E-state index contributed by atoms with van der Waals surface area (Å²) < 4.78 is 14.8. The number of halogens is 1. The van der Waals surface area contributed by atoms with Gasteiger partial charge in [-0.3, -0.25) is 4.79 Å². The van der Waals surface area contributed by atoms with Crippen molar-refractivity contribution in [2.45, 2.75) is 32.6 Å². The Morgan fingerprint density at radius 3 is 2.67 bits per heavy atom. The Morgan fingerprint density at radius 2 is 2.11 bits per heavy atom. The molecule has 0 aliphatic rings. The minimum absolute atomic E-state index is 0.169. The standard InChI is InChI=1S/C13H15FN2O2/c1-13(2,3)12-9(6-11(17)18)16-7-8(14)4-5-10(16)15-12/h4-5,7H,6H2,1-3H3,(H,17,18). The van der Waals surface area contributed by atoms with E-state index in [0.717, 1.165) is 0 Å². The van der Waals surface area contributed by atoms with Gasteiger partial charge in [0.1, 0.15) is 11.5 Å². The molecule has 0 saturated heterocycles. The van der Waals surface area contributed by atoms with Gasteiger partial charge < -0.3 is 9.51 Å². The third-order valence-electron chi connectivity index (χ3n) is 2.71. The number of nitrogens with zero attached hydrogens (tertiary/aromatic N) is 2. The molecule has 0 aliphatic heterocycles. The van der Waals surface area contributed by atoms with E-state index >= 15 is 0 Å². The van der Waals surface area contributed by atoms with Gasteiger partial charge in [-0.05, 0) is 12.1 Å². The van der Waals surface area contributed by atoms with Crippen LogP contribution >= 0.6 is 0 Å². The van der Waals surface area contributed by atoms with Crippen LogP contribution in [0.1, 0.15) is 32.2 Å². The molecule has 0 spiro atoms. The first kappa shape index (κ1) is 12.5. The van der Waals surface area contributed by atoms with E-state index in [1.807, 2.05) is 20.8 Å². The molecular weight excluding hydrogens is 235 g/mol. The van der Waals surface area contributed by atoms with Crippen LogP contribution in [0.2, 0.25) is 0 Å². The second-order valence-corrected chi connectivity index (χ2v) is 5.30. The summed E-state index contributed by atoms with van der Waals surface area (Å²) in [6, 6.07) is 2.87. The van der Waals surface area contributed by atoms with Crippen LogP contribution in [0.15, 0.2) is 18.3 Å². The predicted molar refractivity (Wildman–Crippen MR) is 65.2 cm³/mol. The quantitative estimate of drug-likeness (QED) is 0.890. The Balaban J connectivity index is 2.73. The highest BCUT2D eigenvalue weighted by Crippen LogP contribution is 2.26. The molecule has 0 amide bonds. The second kappa shape index (κ2) is 4.08. The molecule has 2 rings (SSSR count).